The summed E-state index contributed by atoms with van der Waals surface area (Å²) in [5, 5.41) is 2.69. The molecule has 0 aliphatic heterocycles. The third kappa shape index (κ3) is 5.88. The number of methoxy groups -OCH3 is 1. The largest absolute Gasteiger partial charge is 0.412 e. The molecule has 1 amide bonds. The molecule has 3 atom stereocenters. The minimum Gasteiger partial charge on any atom is -0.412 e. The van der Waals surface area contributed by atoms with Crippen molar-refractivity contribution in [3.05, 3.63) is 0 Å². The number of rotatable bonds is 11. The lowest BCUT2D eigenvalue weighted by Crippen LogP contribution is -2.48. The van der Waals surface area contributed by atoms with Gasteiger partial charge in [0.1, 0.15) is 13.0 Å². The van der Waals surface area contributed by atoms with Crippen LogP contribution in [-0.4, -0.2) is 40.5 Å². The quantitative estimate of drug-likeness (QED) is 0.361. The zero-order chi connectivity index (χ0) is 16.5. The number of aldehydes is 1. The molecule has 1 N–H and O–H groups in total. The highest BCUT2D eigenvalue weighted by Gasteiger charge is 2.38. The van der Waals surface area contributed by atoms with Gasteiger partial charge in [-0.05, 0) is 18.1 Å². The maximum Gasteiger partial charge on any atom is 0.227 e. The van der Waals surface area contributed by atoms with Gasteiger partial charge in [-0.1, -0.05) is 34.6 Å². The Morgan fingerprint density at radius 3 is 2.10 bits per heavy atom. The van der Waals surface area contributed by atoms with Gasteiger partial charge in [0.15, 0.2) is 8.32 Å². The Morgan fingerprint density at radius 2 is 1.71 bits per heavy atom. The van der Waals surface area contributed by atoms with Crippen molar-refractivity contribution >= 4 is 20.5 Å². The van der Waals surface area contributed by atoms with Crippen molar-refractivity contribution in [2.45, 2.75) is 58.9 Å². The first-order chi connectivity index (χ1) is 9.91. The van der Waals surface area contributed by atoms with Crippen LogP contribution in [0.1, 0.15) is 34.6 Å². The molecule has 0 saturated heterocycles. The van der Waals surface area contributed by atoms with Crippen molar-refractivity contribution in [3.63, 3.8) is 0 Å². The number of hydrogen-bond donors (Lipinski definition) is 1. The standard InChI is InChI=1S/C15H31NO4Si/c1-7-21(8-2,9-3)20-14(12(4)10-17)13(5)15(18)16-11-19-6/h10,12-14H,7-9,11H2,1-6H3,(H,16,18)/t12-,13+,14?/m0/s1. The van der Waals surface area contributed by atoms with E-state index in [1.54, 1.807) is 0 Å². The topological polar surface area (TPSA) is 64.6 Å². The molecule has 124 valence electrons. The molecule has 5 nitrogen and oxygen atoms in total. The van der Waals surface area contributed by atoms with Gasteiger partial charge in [-0.15, -0.1) is 0 Å². The fraction of sp³-hybridized carbons (Fsp3) is 0.867. The summed E-state index contributed by atoms with van der Waals surface area (Å²) in [7, 11) is -0.346. The molecular weight excluding hydrogens is 286 g/mol. The van der Waals surface area contributed by atoms with Crippen LogP contribution in [0, 0.1) is 11.8 Å². The number of carbonyl (C=O) groups is 2. The summed E-state index contributed by atoms with van der Waals surface area (Å²) in [6.07, 6.45) is 0.510. The minimum atomic E-state index is -1.87. The van der Waals surface area contributed by atoms with Crippen LogP contribution >= 0.6 is 0 Å². The van der Waals surface area contributed by atoms with E-state index < -0.39 is 8.32 Å². The zero-order valence-electron chi connectivity index (χ0n) is 14.3. The van der Waals surface area contributed by atoms with Crippen molar-refractivity contribution < 1.29 is 18.8 Å². The van der Waals surface area contributed by atoms with Crippen LogP contribution in [0.5, 0.6) is 0 Å². The van der Waals surface area contributed by atoms with Crippen molar-refractivity contribution in [2.75, 3.05) is 13.8 Å². The molecule has 0 rings (SSSR count). The summed E-state index contributed by atoms with van der Waals surface area (Å²) in [6.45, 7) is 10.2. The van der Waals surface area contributed by atoms with E-state index in [9.17, 15) is 9.59 Å². The van der Waals surface area contributed by atoms with E-state index in [1.165, 1.54) is 7.11 Å². The predicted octanol–water partition coefficient (Wildman–Crippen LogP) is 2.57. The molecule has 0 aliphatic rings. The summed E-state index contributed by atoms with van der Waals surface area (Å²) in [5.74, 6) is -0.816. The second-order valence-corrected chi connectivity index (χ2v) is 10.3. The molecule has 0 heterocycles. The van der Waals surface area contributed by atoms with Crippen LogP contribution in [0.2, 0.25) is 18.1 Å². The molecular formula is C15H31NO4Si. The molecule has 0 radical (unpaired) electrons. The average Bonchev–Trinajstić information content (AvgIpc) is 2.53. The van der Waals surface area contributed by atoms with Gasteiger partial charge in [0.25, 0.3) is 0 Å². The van der Waals surface area contributed by atoms with E-state index in [2.05, 4.69) is 26.1 Å². The van der Waals surface area contributed by atoms with Gasteiger partial charge in [0.05, 0.1) is 12.0 Å². The van der Waals surface area contributed by atoms with Gasteiger partial charge in [-0.25, -0.2) is 0 Å². The van der Waals surface area contributed by atoms with Crippen LogP contribution in [0.3, 0.4) is 0 Å². The third-order valence-corrected chi connectivity index (χ3v) is 8.99. The zero-order valence-corrected chi connectivity index (χ0v) is 15.3. The summed E-state index contributed by atoms with van der Waals surface area (Å²) < 4.78 is 11.3. The van der Waals surface area contributed by atoms with Crippen molar-refractivity contribution in [2.24, 2.45) is 11.8 Å². The second-order valence-electron chi connectivity index (χ2n) is 5.58. The summed E-state index contributed by atoms with van der Waals surface area (Å²) >= 11 is 0. The monoisotopic (exact) mass is 317 g/mol. The molecule has 0 aromatic carbocycles. The maximum absolute atomic E-state index is 12.1. The van der Waals surface area contributed by atoms with E-state index in [4.69, 9.17) is 9.16 Å². The van der Waals surface area contributed by atoms with Crippen molar-refractivity contribution in [3.8, 4) is 0 Å². The lowest BCUT2D eigenvalue weighted by atomic mass is 9.94. The second kappa shape index (κ2) is 10.1. The molecule has 0 fully saturated rings. The molecule has 0 aromatic heterocycles. The number of carbonyl (C=O) groups excluding carboxylic acids is 2. The van der Waals surface area contributed by atoms with Crippen LogP contribution in [0.15, 0.2) is 0 Å². The first kappa shape index (κ1) is 20.3. The first-order valence-corrected chi connectivity index (χ1v) is 10.3. The molecule has 0 aromatic rings. The molecule has 6 heteroatoms. The molecule has 0 bridgehead atoms. The fourth-order valence-electron chi connectivity index (χ4n) is 2.48. The van der Waals surface area contributed by atoms with Gasteiger partial charge >= 0.3 is 0 Å². The molecule has 21 heavy (non-hydrogen) atoms. The average molecular weight is 318 g/mol. The van der Waals surface area contributed by atoms with E-state index in [0.29, 0.717) is 0 Å². The van der Waals surface area contributed by atoms with Gasteiger partial charge < -0.3 is 19.3 Å². The Morgan fingerprint density at radius 1 is 1.19 bits per heavy atom. The number of hydrogen-bond acceptors (Lipinski definition) is 4. The summed E-state index contributed by atoms with van der Waals surface area (Å²) in [5.41, 5.74) is 0. The molecule has 1 unspecified atom stereocenters. The lowest BCUT2D eigenvalue weighted by Gasteiger charge is -2.37. The Hall–Kier alpha value is -0.723. The fourth-order valence-corrected chi connectivity index (χ4v) is 5.48. The Kier molecular flexibility index (Phi) is 9.73. The number of ether oxygens (including phenoxy) is 1. The van der Waals surface area contributed by atoms with E-state index in [-0.39, 0.29) is 30.6 Å². The lowest BCUT2D eigenvalue weighted by molar-refractivity contribution is -0.130. The van der Waals surface area contributed by atoms with Crippen LogP contribution in [0.4, 0.5) is 0 Å². The highest BCUT2D eigenvalue weighted by atomic mass is 28.4. The minimum absolute atomic E-state index is 0.137. The van der Waals surface area contributed by atoms with Gasteiger partial charge in [-0.2, -0.15) is 0 Å². The molecule has 0 saturated carbocycles. The van der Waals surface area contributed by atoms with Gasteiger partial charge in [-0.3, -0.25) is 4.79 Å². The van der Waals surface area contributed by atoms with Crippen LogP contribution < -0.4 is 5.32 Å². The SMILES string of the molecule is CC[Si](CC)(CC)OC([C@@H](C)C=O)[C@@H](C)C(=O)NCOC. The third-order valence-electron chi connectivity index (χ3n) is 4.35. The molecule has 0 spiro atoms. The number of amides is 1. The van der Waals surface area contributed by atoms with E-state index >= 15 is 0 Å². The van der Waals surface area contributed by atoms with E-state index in [0.717, 1.165) is 24.4 Å². The highest BCUT2D eigenvalue weighted by Crippen LogP contribution is 2.28. The first-order valence-electron chi connectivity index (χ1n) is 7.81. The van der Waals surface area contributed by atoms with Crippen molar-refractivity contribution in [1.82, 2.24) is 5.32 Å². The predicted molar refractivity (Wildman–Crippen MR) is 86.5 cm³/mol. The van der Waals surface area contributed by atoms with Gasteiger partial charge in [0, 0.05) is 13.0 Å². The van der Waals surface area contributed by atoms with E-state index in [1.807, 2.05) is 13.8 Å². The molecule has 0 aliphatic carbocycles. The summed E-state index contributed by atoms with van der Waals surface area (Å²) in [4.78, 5) is 23.4. The highest BCUT2D eigenvalue weighted by molar-refractivity contribution is 6.73. The summed E-state index contributed by atoms with van der Waals surface area (Å²) in [6, 6.07) is 2.98. The Balaban J connectivity index is 5.11. The Labute approximate surface area is 129 Å². The van der Waals surface area contributed by atoms with Crippen molar-refractivity contribution in [1.29, 1.82) is 0 Å². The number of nitrogens with one attached hydrogen (secondary N) is 1. The van der Waals surface area contributed by atoms with Gasteiger partial charge in [0.2, 0.25) is 5.91 Å². The van der Waals surface area contributed by atoms with Crippen LogP contribution in [-0.2, 0) is 18.8 Å². The Bertz CT molecular complexity index is 313. The normalized spacial score (nSPS) is 16.1. The van der Waals surface area contributed by atoms with Crippen LogP contribution in [0.25, 0.3) is 0 Å². The smallest absolute Gasteiger partial charge is 0.227 e. The maximum atomic E-state index is 12.1.